The summed E-state index contributed by atoms with van der Waals surface area (Å²) in [4.78, 5) is 4.49. The van der Waals surface area contributed by atoms with E-state index in [0.29, 0.717) is 21.8 Å². The van der Waals surface area contributed by atoms with Gasteiger partial charge < -0.3 is 4.52 Å². The third-order valence-electron chi connectivity index (χ3n) is 3.57. The average molecular weight is 297 g/mol. The molecule has 0 aliphatic heterocycles. The van der Waals surface area contributed by atoms with Crippen molar-refractivity contribution >= 4 is 23.2 Å². The van der Waals surface area contributed by atoms with Gasteiger partial charge in [-0.15, -0.1) is 0 Å². The molecule has 19 heavy (non-hydrogen) atoms. The maximum atomic E-state index is 6.15. The third-order valence-corrected chi connectivity index (χ3v) is 4.12. The number of rotatable bonds is 2. The zero-order valence-corrected chi connectivity index (χ0v) is 11.9. The summed E-state index contributed by atoms with van der Waals surface area (Å²) in [5.74, 6) is 1.68. The maximum Gasteiger partial charge on any atom is 0.230 e. The molecule has 1 fully saturated rings. The highest BCUT2D eigenvalue weighted by Crippen LogP contribution is 2.34. The van der Waals surface area contributed by atoms with Gasteiger partial charge in [-0.05, 0) is 31.0 Å². The fraction of sp³-hybridized carbons (Fsp3) is 0.429. The molecule has 5 heteroatoms. The normalized spacial score (nSPS) is 16.7. The third kappa shape index (κ3) is 2.77. The molecule has 0 atom stereocenters. The molecule has 1 aliphatic carbocycles. The molecule has 100 valence electrons. The van der Waals surface area contributed by atoms with Crippen LogP contribution >= 0.6 is 23.2 Å². The molecule has 0 radical (unpaired) electrons. The van der Waals surface area contributed by atoms with E-state index in [2.05, 4.69) is 10.1 Å². The van der Waals surface area contributed by atoms with Gasteiger partial charge in [-0.3, -0.25) is 0 Å². The Morgan fingerprint density at radius 2 is 1.89 bits per heavy atom. The first-order valence-corrected chi connectivity index (χ1v) is 7.28. The number of halogens is 2. The van der Waals surface area contributed by atoms with Crippen molar-refractivity contribution in [3.05, 3.63) is 34.1 Å². The molecule has 0 amide bonds. The van der Waals surface area contributed by atoms with Crippen LogP contribution in [-0.2, 0) is 0 Å². The Kier molecular flexibility index (Phi) is 3.76. The lowest BCUT2D eigenvalue weighted by molar-refractivity contribution is 0.314. The molecule has 1 saturated carbocycles. The minimum atomic E-state index is 0.404. The molecule has 1 aromatic heterocycles. The highest BCUT2D eigenvalue weighted by atomic mass is 35.5. The molecule has 3 rings (SSSR count). The predicted molar refractivity (Wildman–Crippen MR) is 75.6 cm³/mol. The van der Waals surface area contributed by atoms with Gasteiger partial charge in [0, 0.05) is 16.5 Å². The maximum absolute atomic E-state index is 6.15. The van der Waals surface area contributed by atoms with E-state index in [1.807, 2.05) is 6.07 Å². The van der Waals surface area contributed by atoms with E-state index >= 15 is 0 Å². The van der Waals surface area contributed by atoms with Crippen LogP contribution in [0.25, 0.3) is 11.4 Å². The smallest absolute Gasteiger partial charge is 0.230 e. The minimum Gasteiger partial charge on any atom is -0.339 e. The minimum absolute atomic E-state index is 0.404. The zero-order valence-electron chi connectivity index (χ0n) is 10.4. The van der Waals surface area contributed by atoms with Gasteiger partial charge in [0.25, 0.3) is 0 Å². The van der Waals surface area contributed by atoms with Crippen molar-refractivity contribution in [3.63, 3.8) is 0 Å². The van der Waals surface area contributed by atoms with Crippen LogP contribution in [0.5, 0.6) is 0 Å². The predicted octanol–water partition coefficient (Wildman–Crippen LogP) is 5.09. The Balaban J connectivity index is 1.87. The van der Waals surface area contributed by atoms with Gasteiger partial charge in [0.2, 0.25) is 11.7 Å². The van der Waals surface area contributed by atoms with E-state index in [1.54, 1.807) is 12.1 Å². The van der Waals surface area contributed by atoms with E-state index in [1.165, 1.54) is 19.3 Å². The first-order valence-electron chi connectivity index (χ1n) is 6.53. The van der Waals surface area contributed by atoms with Gasteiger partial charge in [0.15, 0.2) is 0 Å². The first-order chi connectivity index (χ1) is 9.24. The average Bonchev–Trinajstić information content (AvgIpc) is 2.89. The molecule has 0 N–H and O–H groups in total. The molecule has 1 heterocycles. The Hall–Kier alpha value is -1.06. The van der Waals surface area contributed by atoms with Crippen molar-refractivity contribution in [2.75, 3.05) is 0 Å². The van der Waals surface area contributed by atoms with Crippen LogP contribution < -0.4 is 0 Å². The summed E-state index contributed by atoms with van der Waals surface area (Å²) < 4.78 is 5.39. The van der Waals surface area contributed by atoms with Gasteiger partial charge in [-0.2, -0.15) is 4.98 Å². The van der Waals surface area contributed by atoms with Crippen molar-refractivity contribution in [2.24, 2.45) is 0 Å². The molecule has 3 nitrogen and oxygen atoms in total. The van der Waals surface area contributed by atoms with Crippen LogP contribution in [0.3, 0.4) is 0 Å². The lowest BCUT2D eigenvalue weighted by Gasteiger charge is -2.17. The molecule has 1 aromatic carbocycles. The van der Waals surface area contributed by atoms with E-state index in [-0.39, 0.29) is 0 Å². The van der Waals surface area contributed by atoms with Crippen molar-refractivity contribution < 1.29 is 4.52 Å². The van der Waals surface area contributed by atoms with Crippen molar-refractivity contribution in [2.45, 2.75) is 38.0 Å². The summed E-state index contributed by atoms with van der Waals surface area (Å²) in [5.41, 5.74) is 0.761. The van der Waals surface area contributed by atoms with Gasteiger partial charge >= 0.3 is 0 Å². The number of benzene rings is 1. The van der Waals surface area contributed by atoms with Crippen LogP contribution in [0.2, 0.25) is 10.0 Å². The Morgan fingerprint density at radius 1 is 1.11 bits per heavy atom. The fourth-order valence-corrected chi connectivity index (χ4v) is 3.02. The second-order valence-corrected chi connectivity index (χ2v) is 5.76. The lowest BCUT2D eigenvalue weighted by atomic mass is 9.89. The molecule has 2 aromatic rings. The Morgan fingerprint density at radius 3 is 2.63 bits per heavy atom. The molecule has 0 saturated heterocycles. The molecule has 1 aliphatic rings. The van der Waals surface area contributed by atoms with Gasteiger partial charge in [0.05, 0.1) is 5.02 Å². The highest BCUT2D eigenvalue weighted by Gasteiger charge is 2.22. The highest BCUT2D eigenvalue weighted by molar-refractivity contribution is 6.36. The van der Waals surface area contributed by atoms with Gasteiger partial charge in [0.1, 0.15) is 0 Å². The van der Waals surface area contributed by atoms with Gasteiger partial charge in [-0.25, -0.2) is 0 Å². The lowest BCUT2D eigenvalue weighted by Crippen LogP contribution is -2.04. The Labute approximate surface area is 121 Å². The largest absolute Gasteiger partial charge is 0.339 e. The molecule has 0 spiro atoms. The van der Waals surface area contributed by atoms with Crippen LogP contribution in [0.1, 0.15) is 43.9 Å². The molecule has 0 unspecified atom stereocenters. The van der Waals surface area contributed by atoms with E-state index in [0.717, 1.165) is 24.3 Å². The van der Waals surface area contributed by atoms with Crippen molar-refractivity contribution in [3.8, 4) is 11.4 Å². The monoisotopic (exact) mass is 296 g/mol. The Bertz CT molecular complexity index is 577. The van der Waals surface area contributed by atoms with Gasteiger partial charge in [-0.1, -0.05) is 47.6 Å². The SMILES string of the molecule is Clc1ccc(-c2noc(C3CCCCC3)n2)c(Cl)c1. The summed E-state index contributed by atoms with van der Waals surface area (Å²) >= 11 is 12.0. The number of hydrogen-bond acceptors (Lipinski definition) is 3. The standard InChI is InChI=1S/C14H14Cl2N2O/c15-10-6-7-11(12(16)8-10)13-17-14(19-18-13)9-4-2-1-3-5-9/h6-9H,1-5H2. The van der Waals surface area contributed by atoms with E-state index in [4.69, 9.17) is 27.7 Å². The summed E-state index contributed by atoms with van der Waals surface area (Å²) in [6.07, 6.45) is 6.06. The van der Waals surface area contributed by atoms with Crippen LogP contribution in [0.4, 0.5) is 0 Å². The quantitative estimate of drug-likeness (QED) is 0.775. The van der Waals surface area contributed by atoms with Crippen LogP contribution in [-0.4, -0.2) is 10.1 Å². The van der Waals surface area contributed by atoms with E-state index < -0.39 is 0 Å². The topological polar surface area (TPSA) is 38.9 Å². The molecular formula is C14H14Cl2N2O. The summed E-state index contributed by atoms with van der Waals surface area (Å²) in [6.45, 7) is 0. The summed E-state index contributed by atoms with van der Waals surface area (Å²) in [6, 6.07) is 5.29. The zero-order chi connectivity index (χ0) is 13.2. The van der Waals surface area contributed by atoms with E-state index in [9.17, 15) is 0 Å². The molecule has 0 bridgehead atoms. The second kappa shape index (κ2) is 5.51. The number of aromatic nitrogens is 2. The van der Waals surface area contributed by atoms with Crippen LogP contribution in [0, 0.1) is 0 Å². The number of nitrogens with zero attached hydrogens (tertiary/aromatic N) is 2. The number of hydrogen-bond donors (Lipinski definition) is 0. The fourth-order valence-electron chi connectivity index (χ4n) is 2.53. The molecular weight excluding hydrogens is 283 g/mol. The van der Waals surface area contributed by atoms with Crippen molar-refractivity contribution in [1.29, 1.82) is 0 Å². The summed E-state index contributed by atoms with van der Waals surface area (Å²) in [7, 11) is 0. The van der Waals surface area contributed by atoms with Crippen LogP contribution in [0.15, 0.2) is 22.7 Å². The first kappa shape index (κ1) is 12.9. The second-order valence-electron chi connectivity index (χ2n) is 4.92. The summed E-state index contributed by atoms with van der Waals surface area (Å²) in [5, 5.41) is 5.19. The van der Waals surface area contributed by atoms with Crippen molar-refractivity contribution in [1.82, 2.24) is 10.1 Å².